The number of carbonyl (C=O) groups excluding carboxylic acids is 1. The van der Waals surface area contributed by atoms with Gasteiger partial charge in [0.2, 0.25) is 0 Å². The maximum atomic E-state index is 10.4. The SMILES string of the molecule is [N-]=[N+]=N/C(C=O)=C\c1ccccc1. The lowest BCUT2D eigenvalue weighted by Crippen LogP contribution is -1.78. The summed E-state index contributed by atoms with van der Waals surface area (Å²) >= 11 is 0. The van der Waals surface area contributed by atoms with E-state index in [2.05, 4.69) is 10.0 Å². The van der Waals surface area contributed by atoms with Crippen LogP contribution in [0.15, 0.2) is 41.1 Å². The van der Waals surface area contributed by atoms with Gasteiger partial charge in [0, 0.05) is 4.91 Å². The van der Waals surface area contributed by atoms with Crippen molar-refractivity contribution < 1.29 is 4.79 Å². The molecule has 0 saturated heterocycles. The molecule has 0 aliphatic carbocycles. The van der Waals surface area contributed by atoms with Gasteiger partial charge in [0.15, 0.2) is 6.29 Å². The number of hydrogen-bond donors (Lipinski definition) is 0. The fourth-order valence-electron chi connectivity index (χ4n) is 0.858. The van der Waals surface area contributed by atoms with E-state index >= 15 is 0 Å². The predicted octanol–water partition coefficient (Wildman–Crippen LogP) is 2.54. The van der Waals surface area contributed by atoms with E-state index < -0.39 is 0 Å². The summed E-state index contributed by atoms with van der Waals surface area (Å²) in [6.07, 6.45) is 2.04. The molecule has 1 aromatic rings. The zero-order chi connectivity index (χ0) is 9.52. The standard InChI is InChI=1S/C9H7N3O/c10-12-11-9(7-13)6-8-4-2-1-3-5-8/h1-7H/b9-6-. The Bertz CT molecular complexity index is 364. The molecule has 0 heterocycles. The highest BCUT2D eigenvalue weighted by atomic mass is 16.1. The second kappa shape index (κ2) is 4.74. The summed E-state index contributed by atoms with van der Waals surface area (Å²) in [5.41, 5.74) is 9.01. The van der Waals surface area contributed by atoms with E-state index in [1.807, 2.05) is 30.3 Å². The van der Waals surface area contributed by atoms with Crippen molar-refractivity contribution in [1.29, 1.82) is 0 Å². The van der Waals surface area contributed by atoms with Gasteiger partial charge >= 0.3 is 0 Å². The van der Waals surface area contributed by atoms with Gasteiger partial charge in [0.25, 0.3) is 0 Å². The molecule has 0 aliphatic rings. The molecule has 0 fully saturated rings. The van der Waals surface area contributed by atoms with Crippen LogP contribution in [-0.4, -0.2) is 6.29 Å². The van der Waals surface area contributed by atoms with Crippen LogP contribution in [0, 0.1) is 0 Å². The topological polar surface area (TPSA) is 65.8 Å². The van der Waals surface area contributed by atoms with Gasteiger partial charge in [0.1, 0.15) is 0 Å². The van der Waals surface area contributed by atoms with Crippen molar-refractivity contribution in [3.63, 3.8) is 0 Å². The molecule has 0 radical (unpaired) electrons. The van der Waals surface area contributed by atoms with Crippen molar-refractivity contribution in [2.24, 2.45) is 5.11 Å². The first-order valence-corrected chi connectivity index (χ1v) is 3.64. The van der Waals surface area contributed by atoms with E-state index in [0.29, 0.717) is 6.29 Å². The molecule has 1 aromatic carbocycles. The molecular formula is C9H7N3O. The van der Waals surface area contributed by atoms with Gasteiger partial charge in [0.05, 0.1) is 5.70 Å². The van der Waals surface area contributed by atoms with Gasteiger partial charge in [-0.25, -0.2) is 0 Å². The maximum absolute atomic E-state index is 10.4. The van der Waals surface area contributed by atoms with Crippen molar-refractivity contribution in [3.05, 3.63) is 52.0 Å². The van der Waals surface area contributed by atoms with Crippen LogP contribution in [0.3, 0.4) is 0 Å². The summed E-state index contributed by atoms with van der Waals surface area (Å²) < 4.78 is 0. The quantitative estimate of drug-likeness (QED) is 0.228. The minimum atomic E-state index is 0.0775. The molecule has 0 amide bonds. The van der Waals surface area contributed by atoms with E-state index in [4.69, 9.17) is 5.53 Å². The maximum Gasteiger partial charge on any atom is 0.152 e. The molecule has 4 heteroatoms. The molecule has 0 spiro atoms. The van der Waals surface area contributed by atoms with E-state index in [-0.39, 0.29) is 5.70 Å². The minimum Gasteiger partial charge on any atom is -0.298 e. The predicted molar refractivity (Wildman–Crippen MR) is 49.6 cm³/mol. The van der Waals surface area contributed by atoms with Crippen molar-refractivity contribution in [3.8, 4) is 0 Å². The molecule has 0 aromatic heterocycles. The molecule has 4 nitrogen and oxygen atoms in total. The monoisotopic (exact) mass is 173 g/mol. The molecule has 0 bridgehead atoms. The Morgan fingerprint density at radius 1 is 1.38 bits per heavy atom. The van der Waals surface area contributed by atoms with Crippen LogP contribution >= 0.6 is 0 Å². The molecule has 0 N–H and O–H groups in total. The van der Waals surface area contributed by atoms with E-state index in [0.717, 1.165) is 5.56 Å². The normalized spacial score (nSPS) is 10.3. The number of allylic oxidation sites excluding steroid dienone is 1. The molecular weight excluding hydrogens is 166 g/mol. The summed E-state index contributed by atoms with van der Waals surface area (Å²) in [6, 6.07) is 9.17. The third-order valence-electron chi connectivity index (χ3n) is 1.40. The Kier molecular flexibility index (Phi) is 3.30. The minimum absolute atomic E-state index is 0.0775. The smallest absolute Gasteiger partial charge is 0.152 e. The van der Waals surface area contributed by atoms with Crippen LogP contribution in [0.25, 0.3) is 16.5 Å². The Hall–Kier alpha value is -2.06. The van der Waals surface area contributed by atoms with E-state index in [9.17, 15) is 4.79 Å². The number of benzene rings is 1. The second-order valence-electron chi connectivity index (χ2n) is 2.29. The molecule has 64 valence electrons. The molecule has 0 saturated carbocycles. The van der Waals surface area contributed by atoms with Gasteiger partial charge in [-0.2, -0.15) is 0 Å². The summed E-state index contributed by atoms with van der Waals surface area (Å²) in [6.45, 7) is 0. The van der Waals surface area contributed by atoms with Crippen molar-refractivity contribution in [2.45, 2.75) is 0 Å². The summed E-state index contributed by atoms with van der Waals surface area (Å²) in [7, 11) is 0. The molecule has 0 aliphatic heterocycles. The Labute approximate surface area is 75.1 Å². The van der Waals surface area contributed by atoms with Gasteiger partial charge < -0.3 is 0 Å². The Morgan fingerprint density at radius 2 is 2.08 bits per heavy atom. The van der Waals surface area contributed by atoms with Gasteiger partial charge in [-0.3, -0.25) is 4.79 Å². The first kappa shape index (κ1) is 9.03. The van der Waals surface area contributed by atoms with Gasteiger partial charge in [-0.05, 0) is 17.2 Å². The van der Waals surface area contributed by atoms with E-state index in [1.54, 1.807) is 0 Å². The largest absolute Gasteiger partial charge is 0.298 e. The second-order valence-corrected chi connectivity index (χ2v) is 2.29. The van der Waals surface area contributed by atoms with E-state index in [1.165, 1.54) is 6.08 Å². The number of nitrogens with zero attached hydrogens (tertiary/aromatic N) is 3. The third kappa shape index (κ3) is 2.81. The first-order valence-electron chi connectivity index (χ1n) is 3.64. The molecule has 13 heavy (non-hydrogen) atoms. The molecule has 1 rings (SSSR count). The summed E-state index contributed by atoms with van der Waals surface area (Å²) in [5.74, 6) is 0. The van der Waals surface area contributed by atoms with Gasteiger partial charge in [-0.15, -0.1) is 0 Å². The Balaban J connectivity index is 2.98. The highest BCUT2D eigenvalue weighted by Gasteiger charge is 1.90. The number of hydrogen-bond acceptors (Lipinski definition) is 2. The van der Waals surface area contributed by atoms with Crippen LogP contribution < -0.4 is 0 Å². The summed E-state index contributed by atoms with van der Waals surface area (Å²) in [5, 5.41) is 3.21. The average molecular weight is 173 g/mol. The number of azide groups is 1. The fourth-order valence-corrected chi connectivity index (χ4v) is 0.858. The average Bonchev–Trinajstić information content (AvgIpc) is 2.19. The zero-order valence-corrected chi connectivity index (χ0v) is 6.79. The highest BCUT2D eigenvalue weighted by Crippen LogP contribution is 2.05. The number of rotatable bonds is 3. The van der Waals surface area contributed by atoms with Crippen LogP contribution in [0.1, 0.15) is 5.56 Å². The first-order chi connectivity index (χ1) is 6.36. The van der Waals surface area contributed by atoms with Crippen LogP contribution in [0.4, 0.5) is 0 Å². The lowest BCUT2D eigenvalue weighted by molar-refractivity contribution is -0.104. The molecule has 0 atom stereocenters. The zero-order valence-electron chi connectivity index (χ0n) is 6.79. The lowest BCUT2D eigenvalue weighted by Gasteiger charge is -1.91. The van der Waals surface area contributed by atoms with Crippen molar-refractivity contribution >= 4 is 12.4 Å². The third-order valence-corrected chi connectivity index (χ3v) is 1.40. The lowest BCUT2D eigenvalue weighted by atomic mass is 10.2. The van der Waals surface area contributed by atoms with Crippen molar-refractivity contribution in [2.75, 3.05) is 0 Å². The fraction of sp³-hybridized carbons (Fsp3) is 0. The Morgan fingerprint density at radius 3 is 2.62 bits per heavy atom. The van der Waals surface area contributed by atoms with Gasteiger partial charge in [-0.1, -0.05) is 35.4 Å². The molecule has 0 unspecified atom stereocenters. The van der Waals surface area contributed by atoms with Crippen LogP contribution in [0.2, 0.25) is 0 Å². The number of aldehydes is 1. The summed E-state index contributed by atoms with van der Waals surface area (Å²) in [4.78, 5) is 12.9. The highest BCUT2D eigenvalue weighted by molar-refractivity contribution is 5.80. The van der Waals surface area contributed by atoms with Crippen LogP contribution in [-0.2, 0) is 4.79 Å². The van der Waals surface area contributed by atoms with Crippen LogP contribution in [0.5, 0.6) is 0 Å². The van der Waals surface area contributed by atoms with Crippen molar-refractivity contribution in [1.82, 2.24) is 0 Å². The number of carbonyl (C=O) groups is 1.